The minimum atomic E-state index is -3.74. The Balaban J connectivity index is 2.68. The van der Waals surface area contributed by atoms with Crippen molar-refractivity contribution in [3.63, 3.8) is 0 Å². The maximum Gasteiger partial charge on any atom is 0.242 e. The molecule has 0 amide bonds. The van der Waals surface area contributed by atoms with Gasteiger partial charge in [-0.3, -0.25) is 0 Å². The normalized spacial score (nSPS) is 13.4. The topological polar surface area (TPSA) is 102 Å². The van der Waals surface area contributed by atoms with Gasteiger partial charge in [-0.25, -0.2) is 13.1 Å². The number of halogens is 1. The second-order valence-corrected chi connectivity index (χ2v) is 6.13. The van der Waals surface area contributed by atoms with Gasteiger partial charge in [-0.15, -0.1) is 0 Å². The smallest absolute Gasteiger partial charge is 0.242 e. The van der Waals surface area contributed by atoms with Gasteiger partial charge in [0.1, 0.15) is 4.90 Å². The molecular weight excluding hydrogens is 292 g/mol. The van der Waals surface area contributed by atoms with Crippen LogP contribution in [0.5, 0.6) is 0 Å². The average Bonchev–Trinajstić information content (AvgIpc) is 2.32. The van der Waals surface area contributed by atoms with E-state index in [4.69, 9.17) is 22.1 Å². The SMILES string of the molecule is COCC(O)CCNS(=O)(=O)c1cc(N)ccc1Cl. The summed E-state index contributed by atoms with van der Waals surface area (Å²) >= 11 is 5.83. The lowest BCUT2D eigenvalue weighted by molar-refractivity contribution is 0.0603. The van der Waals surface area contributed by atoms with Gasteiger partial charge in [-0.1, -0.05) is 11.6 Å². The molecule has 108 valence electrons. The molecule has 0 aliphatic carbocycles. The molecule has 8 heteroatoms. The third-order valence-electron chi connectivity index (χ3n) is 2.37. The lowest BCUT2D eigenvalue weighted by Gasteiger charge is -2.11. The second kappa shape index (κ2) is 7.06. The summed E-state index contributed by atoms with van der Waals surface area (Å²) in [5, 5.41) is 9.51. The third kappa shape index (κ3) is 4.96. The van der Waals surface area contributed by atoms with Crippen LogP contribution in [0.4, 0.5) is 5.69 Å². The number of aliphatic hydroxyl groups excluding tert-OH is 1. The summed E-state index contributed by atoms with van der Waals surface area (Å²) in [6, 6.07) is 4.23. The molecule has 0 aromatic heterocycles. The van der Waals surface area contributed by atoms with Crippen LogP contribution in [-0.2, 0) is 14.8 Å². The lowest BCUT2D eigenvalue weighted by atomic mass is 10.3. The van der Waals surface area contributed by atoms with Crippen molar-refractivity contribution >= 4 is 27.3 Å². The van der Waals surface area contributed by atoms with Gasteiger partial charge >= 0.3 is 0 Å². The van der Waals surface area contributed by atoms with Crippen LogP contribution in [0, 0.1) is 0 Å². The number of anilines is 1. The summed E-state index contributed by atoms with van der Waals surface area (Å²) in [7, 11) is -2.28. The van der Waals surface area contributed by atoms with Crippen LogP contribution >= 0.6 is 11.6 Å². The molecule has 0 bridgehead atoms. The van der Waals surface area contributed by atoms with Crippen molar-refractivity contribution in [3.8, 4) is 0 Å². The van der Waals surface area contributed by atoms with Crippen LogP contribution in [0.1, 0.15) is 6.42 Å². The standard InChI is InChI=1S/C11H17ClN2O4S/c1-18-7-9(15)4-5-14-19(16,17)11-6-8(13)2-3-10(11)12/h2-3,6,9,14-15H,4-5,7,13H2,1H3. The lowest BCUT2D eigenvalue weighted by Crippen LogP contribution is -2.28. The summed E-state index contributed by atoms with van der Waals surface area (Å²) < 4.78 is 31.1. The zero-order valence-corrected chi connectivity index (χ0v) is 12.0. The number of rotatable bonds is 7. The van der Waals surface area contributed by atoms with Gasteiger partial charge in [0.25, 0.3) is 0 Å². The van der Waals surface area contributed by atoms with Crippen LogP contribution in [0.15, 0.2) is 23.1 Å². The summed E-state index contributed by atoms with van der Waals surface area (Å²) in [4.78, 5) is -0.0737. The maximum absolute atomic E-state index is 12.0. The fourth-order valence-corrected chi connectivity index (χ4v) is 3.02. The summed E-state index contributed by atoms with van der Waals surface area (Å²) in [6.45, 7) is 0.235. The van der Waals surface area contributed by atoms with E-state index >= 15 is 0 Å². The van der Waals surface area contributed by atoms with Crippen molar-refractivity contribution in [2.75, 3.05) is 26.0 Å². The van der Waals surface area contributed by atoms with E-state index in [1.807, 2.05) is 0 Å². The predicted octanol–water partition coefficient (Wildman–Crippen LogP) is 0.598. The third-order valence-corrected chi connectivity index (χ3v) is 4.32. The summed E-state index contributed by atoms with van der Waals surface area (Å²) in [6.07, 6.45) is -0.475. The number of nitrogen functional groups attached to an aromatic ring is 1. The molecule has 1 atom stereocenters. The molecule has 0 fully saturated rings. The van der Waals surface area contributed by atoms with Crippen molar-refractivity contribution in [3.05, 3.63) is 23.2 Å². The van der Waals surface area contributed by atoms with Gasteiger partial charge in [0, 0.05) is 19.3 Å². The molecule has 0 saturated carbocycles. The van der Waals surface area contributed by atoms with Gasteiger partial charge < -0.3 is 15.6 Å². The van der Waals surface area contributed by atoms with E-state index in [9.17, 15) is 13.5 Å². The van der Waals surface area contributed by atoms with Crippen LogP contribution in [0.2, 0.25) is 5.02 Å². The molecule has 0 spiro atoms. The Hall–Kier alpha value is -0.860. The van der Waals surface area contributed by atoms with E-state index in [0.29, 0.717) is 5.69 Å². The Bertz CT molecular complexity index is 521. The predicted molar refractivity (Wildman–Crippen MR) is 73.6 cm³/mol. The van der Waals surface area contributed by atoms with E-state index in [-0.39, 0.29) is 29.5 Å². The van der Waals surface area contributed by atoms with Crippen LogP contribution in [-0.4, -0.2) is 39.9 Å². The van der Waals surface area contributed by atoms with E-state index in [1.165, 1.54) is 25.3 Å². The first kappa shape index (κ1) is 16.2. The molecule has 1 aromatic rings. The zero-order valence-electron chi connectivity index (χ0n) is 10.5. The van der Waals surface area contributed by atoms with Gasteiger partial charge in [0.2, 0.25) is 10.0 Å². The molecule has 0 aliphatic heterocycles. The largest absolute Gasteiger partial charge is 0.399 e. The van der Waals surface area contributed by atoms with Crippen LogP contribution in [0.25, 0.3) is 0 Å². The number of sulfonamides is 1. The molecule has 1 aromatic carbocycles. The number of ether oxygens (including phenoxy) is 1. The fraction of sp³-hybridized carbons (Fsp3) is 0.455. The molecule has 4 N–H and O–H groups in total. The van der Waals surface area contributed by atoms with Crippen molar-refractivity contribution in [1.82, 2.24) is 4.72 Å². The van der Waals surface area contributed by atoms with E-state index in [0.717, 1.165) is 0 Å². The Morgan fingerprint density at radius 1 is 1.53 bits per heavy atom. The number of aliphatic hydroxyl groups is 1. The zero-order chi connectivity index (χ0) is 14.5. The van der Waals surface area contributed by atoms with Crippen molar-refractivity contribution in [2.24, 2.45) is 0 Å². The molecule has 0 heterocycles. The van der Waals surface area contributed by atoms with Crippen molar-refractivity contribution in [2.45, 2.75) is 17.4 Å². The molecule has 1 rings (SSSR count). The van der Waals surface area contributed by atoms with E-state index < -0.39 is 16.1 Å². The molecule has 1 unspecified atom stereocenters. The number of benzene rings is 1. The number of hydrogen-bond donors (Lipinski definition) is 3. The highest BCUT2D eigenvalue weighted by Gasteiger charge is 2.18. The average molecular weight is 309 g/mol. The number of hydrogen-bond acceptors (Lipinski definition) is 5. The van der Waals surface area contributed by atoms with Crippen LogP contribution < -0.4 is 10.5 Å². The fourth-order valence-electron chi connectivity index (χ4n) is 1.44. The molecule has 6 nitrogen and oxygen atoms in total. The summed E-state index contributed by atoms with van der Waals surface area (Å²) in [5.74, 6) is 0. The van der Waals surface area contributed by atoms with Gasteiger partial charge in [0.15, 0.2) is 0 Å². The second-order valence-electron chi connectivity index (χ2n) is 3.99. The number of methoxy groups -OCH3 is 1. The van der Waals surface area contributed by atoms with Crippen molar-refractivity contribution in [1.29, 1.82) is 0 Å². The highest BCUT2D eigenvalue weighted by molar-refractivity contribution is 7.89. The first-order valence-corrected chi connectivity index (χ1v) is 7.44. The Morgan fingerprint density at radius 3 is 2.84 bits per heavy atom. The monoisotopic (exact) mass is 308 g/mol. The first-order valence-electron chi connectivity index (χ1n) is 5.58. The molecular formula is C11H17ClN2O4S. The van der Waals surface area contributed by atoms with Gasteiger partial charge in [-0.2, -0.15) is 0 Å². The Kier molecular flexibility index (Phi) is 6.02. The van der Waals surface area contributed by atoms with E-state index in [1.54, 1.807) is 0 Å². The van der Waals surface area contributed by atoms with Crippen LogP contribution in [0.3, 0.4) is 0 Å². The van der Waals surface area contributed by atoms with E-state index in [2.05, 4.69) is 4.72 Å². The summed E-state index contributed by atoms with van der Waals surface area (Å²) in [5.41, 5.74) is 5.84. The Morgan fingerprint density at radius 2 is 2.21 bits per heavy atom. The molecule has 0 aliphatic rings. The van der Waals surface area contributed by atoms with Gasteiger partial charge in [-0.05, 0) is 24.6 Å². The van der Waals surface area contributed by atoms with Crippen molar-refractivity contribution < 1.29 is 18.3 Å². The highest BCUT2D eigenvalue weighted by atomic mass is 35.5. The molecule has 0 saturated heterocycles. The number of nitrogens with one attached hydrogen (secondary N) is 1. The van der Waals surface area contributed by atoms with Gasteiger partial charge in [0.05, 0.1) is 17.7 Å². The quantitative estimate of drug-likeness (QED) is 0.640. The molecule has 19 heavy (non-hydrogen) atoms. The first-order chi connectivity index (χ1) is 8.86. The molecule has 0 radical (unpaired) electrons. The maximum atomic E-state index is 12.0. The highest BCUT2D eigenvalue weighted by Crippen LogP contribution is 2.23. The number of nitrogens with two attached hydrogens (primary N) is 1. The minimum absolute atomic E-state index is 0.0737. The Labute approximate surface area is 117 Å². The minimum Gasteiger partial charge on any atom is -0.399 e.